The van der Waals surface area contributed by atoms with E-state index >= 15 is 0 Å². The zero-order valence-corrected chi connectivity index (χ0v) is 20.5. The summed E-state index contributed by atoms with van der Waals surface area (Å²) in [6.07, 6.45) is 3.68. The third-order valence-corrected chi connectivity index (χ3v) is 6.66. The summed E-state index contributed by atoms with van der Waals surface area (Å²) in [4.78, 5) is 11.5. The summed E-state index contributed by atoms with van der Waals surface area (Å²) in [5.74, 6) is 1.70. The highest BCUT2D eigenvalue weighted by molar-refractivity contribution is 7.80. The molecule has 34 heavy (non-hydrogen) atoms. The molecule has 3 aromatic heterocycles. The summed E-state index contributed by atoms with van der Waals surface area (Å²) >= 11 is 5.88. The van der Waals surface area contributed by atoms with Crippen LogP contribution in [0.5, 0.6) is 5.75 Å². The summed E-state index contributed by atoms with van der Waals surface area (Å²) in [6, 6.07) is 20.1. The maximum absolute atomic E-state index is 5.88. The van der Waals surface area contributed by atoms with Gasteiger partial charge in [-0.05, 0) is 86.6 Å². The van der Waals surface area contributed by atoms with Gasteiger partial charge in [-0.2, -0.15) is 0 Å². The monoisotopic (exact) mass is 469 g/mol. The number of ether oxygens (including phenoxy) is 1. The molecule has 5 rings (SSSR count). The van der Waals surface area contributed by atoms with E-state index in [1.54, 1.807) is 7.11 Å². The molecule has 2 unspecified atom stereocenters. The third-order valence-electron chi connectivity index (χ3n) is 6.35. The van der Waals surface area contributed by atoms with Crippen molar-refractivity contribution in [1.82, 2.24) is 19.9 Å². The Bertz CT molecular complexity index is 1350. The molecule has 0 aliphatic carbocycles. The molecule has 1 aliphatic heterocycles. The molecule has 1 fully saturated rings. The van der Waals surface area contributed by atoms with Gasteiger partial charge in [-0.15, -0.1) is 0 Å². The number of aromatic nitrogens is 3. The Morgan fingerprint density at radius 1 is 0.941 bits per heavy atom. The van der Waals surface area contributed by atoms with E-state index in [4.69, 9.17) is 17.0 Å². The summed E-state index contributed by atoms with van der Waals surface area (Å²) < 4.78 is 7.71. The number of hydrogen-bond donors (Lipinski definition) is 1. The Labute approximate surface area is 205 Å². The number of aryl methyl sites for hydroxylation is 2. The molecule has 4 heterocycles. The lowest BCUT2D eigenvalue weighted by molar-refractivity contribution is 0.415. The van der Waals surface area contributed by atoms with Crippen LogP contribution >= 0.6 is 12.2 Å². The minimum absolute atomic E-state index is 0.0979. The van der Waals surface area contributed by atoms with Gasteiger partial charge < -0.3 is 19.5 Å². The number of pyridine rings is 2. The molecule has 1 aromatic carbocycles. The van der Waals surface area contributed by atoms with Crippen LogP contribution in [0.3, 0.4) is 0 Å². The SMILES string of the molecule is COc1cccc(N2C(=S)NC(c3ccccn3)C2c2cc(C)n(-c3cc(C)ccn3)c2C)c1. The molecular weight excluding hydrogens is 442 g/mol. The Hall–Kier alpha value is -3.71. The summed E-state index contributed by atoms with van der Waals surface area (Å²) in [5.41, 5.74) is 6.51. The van der Waals surface area contributed by atoms with Crippen molar-refractivity contribution in [1.29, 1.82) is 0 Å². The van der Waals surface area contributed by atoms with Gasteiger partial charge in [0.15, 0.2) is 5.11 Å². The highest BCUT2D eigenvalue weighted by Gasteiger charge is 2.42. The van der Waals surface area contributed by atoms with Crippen molar-refractivity contribution in [3.63, 3.8) is 0 Å². The number of anilines is 1. The van der Waals surface area contributed by atoms with E-state index < -0.39 is 0 Å². The Balaban J connectivity index is 1.69. The predicted molar refractivity (Wildman–Crippen MR) is 139 cm³/mol. The number of thiocarbonyl (C=S) groups is 1. The van der Waals surface area contributed by atoms with Crippen LogP contribution < -0.4 is 15.0 Å². The minimum Gasteiger partial charge on any atom is -0.497 e. The molecule has 1 saturated heterocycles. The van der Waals surface area contributed by atoms with E-state index in [-0.39, 0.29) is 12.1 Å². The van der Waals surface area contributed by atoms with Crippen LogP contribution in [0.15, 0.2) is 73.1 Å². The van der Waals surface area contributed by atoms with Gasteiger partial charge in [-0.3, -0.25) is 4.98 Å². The largest absolute Gasteiger partial charge is 0.497 e. The zero-order chi connectivity index (χ0) is 23.8. The fourth-order valence-corrected chi connectivity index (χ4v) is 5.14. The molecule has 0 spiro atoms. The lowest BCUT2D eigenvalue weighted by Gasteiger charge is -2.28. The van der Waals surface area contributed by atoms with Crippen molar-refractivity contribution < 1.29 is 4.74 Å². The van der Waals surface area contributed by atoms with Gasteiger partial charge in [0, 0.05) is 35.5 Å². The smallest absolute Gasteiger partial charge is 0.174 e. The average Bonchev–Trinajstić information content (AvgIpc) is 3.34. The van der Waals surface area contributed by atoms with Crippen LogP contribution in [0.4, 0.5) is 5.69 Å². The van der Waals surface area contributed by atoms with Crippen molar-refractivity contribution in [3.8, 4) is 11.6 Å². The van der Waals surface area contributed by atoms with Gasteiger partial charge in [0.2, 0.25) is 0 Å². The number of benzene rings is 1. The number of hydrogen-bond acceptors (Lipinski definition) is 4. The van der Waals surface area contributed by atoms with Crippen molar-refractivity contribution in [3.05, 3.63) is 101 Å². The number of nitrogens with one attached hydrogen (secondary N) is 1. The van der Waals surface area contributed by atoms with Crippen molar-refractivity contribution in [2.24, 2.45) is 0 Å². The second-order valence-corrected chi connectivity index (χ2v) is 8.94. The summed E-state index contributed by atoms with van der Waals surface area (Å²) in [7, 11) is 1.68. The van der Waals surface area contributed by atoms with Crippen LogP contribution in [0.2, 0.25) is 0 Å². The van der Waals surface area contributed by atoms with Gasteiger partial charge in [-0.1, -0.05) is 12.1 Å². The molecule has 172 valence electrons. The van der Waals surface area contributed by atoms with E-state index in [1.165, 1.54) is 11.1 Å². The molecule has 2 atom stereocenters. The Kier molecular flexibility index (Phi) is 5.79. The fourth-order valence-electron chi connectivity index (χ4n) is 4.79. The highest BCUT2D eigenvalue weighted by Crippen LogP contribution is 2.44. The summed E-state index contributed by atoms with van der Waals surface area (Å²) in [5, 5.41) is 4.20. The van der Waals surface area contributed by atoms with Crippen molar-refractivity contribution in [2.75, 3.05) is 12.0 Å². The topological polar surface area (TPSA) is 55.2 Å². The first-order chi connectivity index (χ1) is 16.5. The van der Waals surface area contributed by atoms with Crippen molar-refractivity contribution >= 4 is 23.0 Å². The second-order valence-electron chi connectivity index (χ2n) is 8.55. The molecule has 0 bridgehead atoms. The average molecular weight is 470 g/mol. The van der Waals surface area contributed by atoms with E-state index in [2.05, 4.69) is 63.7 Å². The number of rotatable bonds is 5. The molecule has 1 aliphatic rings. The highest BCUT2D eigenvalue weighted by atomic mass is 32.1. The lowest BCUT2D eigenvalue weighted by atomic mass is 9.96. The van der Waals surface area contributed by atoms with Gasteiger partial charge in [-0.25, -0.2) is 4.98 Å². The third kappa shape index (κ3) is 3.82. The van der Waals surface area contributed by atoms with Crippen LogP contribution in [-0.2, 0) is 0 Å². The van der Waals surface area contributed by atoms with E-state index in [0.29, 0.717) is 5.11 Å². The molecule has 0 radical (unpaired) electrons. The first kappa shape index (κ1) is 22.1. The fraction of sp³-hybridized carbons (Fsp3) is 0.222. The number of methoxy groups -OCH3 is 1. The molecule has 1 N–H and O–H groups in total. The van der Waals surface area contributed by atoms with Gasteiger partial charge in [0.05, 0.1) is 24.9 Å². The number of nitrogens with zero attached hydrogens (tertiary/aromatic N) is 4. The maximum Gasteiger partial charge on any atom is 0.174 e. The molecule has 6 nitrogen and oxygen atoms in total. The minimum atomic E-state index is -0.112. The quantitative estimate of drug-likeness (QED) is 0.396. The first-order valence-electron chi connectivity index (χ1n) is 11.2. The standard InChI is InChI=1S/C27H27N5OS/c1-17-11-13-29-24(14-17)31-18(2)15-22(19(31)3)26-25(23-10-5-6-12-28-23)30-27(34)32(26)20-8-7-9-21(16-20)33-4/h5-16,25-26H,1-4H3,(H,30,34). The Morgan fingerprint density at radius 3 is 2.53 bits per heavy atom. The summed E-state index contributed by atoms with van der Waals surface area (Å²) in [6.45, 7) is 6.35. The maximum atomic E-state index is 5.88. The van der Waals surface area contributed by atoms with Crippen molar-refractivity contribution in [2.45, 2.75) is 32.9 Å². The zero-order valence-electron chi connectivity index (χ0n) is 19.7. The normalized spacial score (nSPS) is 17.6. The van der Waals surface area contributed by atoms with Gasteiger partial charge in [0.1, 0.15) is 11.6 Å². The molecule has 0 saturated carbocycles. The van der Waals surface area contributed by atoms with E-state index in [1.807, 2.05) is 54.9 Å². The molecule has 0 amide bonds. The second kappa shape index (κ2) is 8.91. The van der Waals surface area contributed by atoms with Crippen LogP contribution in [-0.4, -0.2) is 26.8 Å². The Morgan fingerprint density at radius 2 is 1.79 bits per heavy atom. The van der Waals surface area contributed by atoms with E-state index in [0.717, 1.165) is 34.3 Å². The lowest BCUT2D eigenvalue weighted by Crippen LogP contribution is -2.29. The van der Waals surface area contributed by atoms with Crippen LogP contribution in [0.25, 0.3) is 5.82 Å². The molecular formula is C27H27N5OS. The van der Waals surface area contributed by atoms with Crippen LogP contribution in [0.1, 0.15) is 40.3 Å². The van der Waals surface area contributed by atoms with Crippen LogP contribution in [0, 0.1) is 20.8 Å². The van der Waals surface area contributed by atoms with E-state index in [9.17, 15) is 0 Å². The molecule has 4 aromatic rings. The molecule has 7 heteroatoms. The predicted octanol–water partition coefficient (Wildman–Crippen LogP) is 5.38. The van der Waals surface area contributed by atoms with Gasteiger partial charge in [0.25, 0.3) is 0 Å². The first-order valence-corrected chi connectivity index (χ1v) is 11.7. The van der Waals surface area contributed by atoms with Gasteiger partial charge >= 0.3 is 0 Å².